The van der Waals surface area contributed by atoms with Crippen LogP contribution in [0.15, 0.2) is 42.5 Å². The zero-order chi connectivity index (χ0) is 26.6. The Hall–Kier alpha value is -2.70. The number of unbranched alkanes of at least 4 members (excludes halogenated alkanes) is 4. The third-order valence-electron chi connectivity index (χ3n) is 7.54. The summed E-state index contributed by atoms with van der Waals surface area (Å²) < 4.78 is 84.4. The summed E-state index contributed by atoms with van der Waals surface area (Å²) in [5.74, 6) is -4.15. The van der Waals surface area contributed by atoms with Gasteiger partial charge in [0, 0.05) is 10.9 Å². The topological polar surface area (TPSA) is 9.23 Å². The van der Waals surface area contributed by atoms with Gasteiger partial charge in [0.25, 0.3) is 0 Å². The SMILES string of the molecule is CCCCCCCC1CCC(c2ccc3c(F)c(-c4cc(F)c(OC(F)(F)F)c(F)c4)ccc3c2)CC1. The molecule has 0 heterocycles. The van der Waals surface area contributed by atoms with Gasteiger partial charge in [-0.2, -0.15) is 0 Å². The van der Waals surface area contributed by atoms with E-state index in [0.717, 1.165) is 24.3 Å². The van der Waals surface area contributed by atoms with Crippen LogP contribution in [-0.4, -0.2) is 6.36 Å². The lowest BCUT2D eigenvalue weighted by molar-refractivity contribution is -0.276. The molecule has 0 aliphatic heterocycles. The van der Waals surface area contributed by atoms with Gasteiger partial charge in [0.05, 0.1) is 0 Å². The molecule has 4 rings (SSSR count). The second-order valence-electron chi connectivity index (χ2n) is 10.1. The lowest BCUT2D eigenvalue weighted by Gasteiger charge is -2.29. The van der Waals surface area contributed by atoms with Gasteiger partial charge in [-0.15, -0.1) is 13.2 Å². The molecule has 1 saturated carbocycles. The summed E-state index contributed by atoms with van der Waals surface area (Å²) in [5, 5.41) is 0.966. The Morgan fingerprint density at radius 1 is 0.811 bits per heavy atom. The van der Waals surface area contributed by atoms with Crippen LogP contribution in [0.25, 0.3) is 21.9 Å². The fourth-order valence-corrected chi connectivity index (χ4v) is 5.54. The quantitative estimate of drug-likeness (QED) is 0.201. The summed E-state index contributed by atoms with van der Waals surface area (Å²) >= 11 is 0. The summed E-state index contributed by atoms with van der Waals surface area (Å²) in [6.45, 7) is 2.22. The van der Waals surface area contributed by atoms with Crippen molar-refractivity contribution in [2.24, 2.45) is 5.92 Å². The number of benzene rings is 3. The fourth-order valence-electron chi connectivity index (χ4n) is 5.54. The number of hydrogen-bond donors (Lipinski definition) is 0. The van der Waals surface area contributed by atoms with Gasteiger partial charge in [-0.05, 0) is 66.2 Å². The molecule has 0 amide bonds. The molecular weight excluding hydrogens is 490 g/mol. The first-order valence-electron chi connectivity index (χ1n) is 13.1. The number of halogens is 6. The van der Waals surface area contributed by atoms with Crippen LogP contribution in [0.4, 0.5) is 26.3 Å². The molecule has 0 aromatic heterocycles. The summed E-state index contributed by atoms with van der Waals surface area (Å²) in [6.07, 6.45) is 7.19. The second-order valence-corrected chi connectivity index (χ2v) is 10.1. The maximum Gasteiger partial charge on any atom is 0.573 e. The fraction of sp³-hybridized carbons (Fsp3) is 0.467. The van der Waals surface area contributed by atoms with Crippen molar-refractivity contribution in [1.82, 2.24) is 0 Å². The first-order chi connectivity index (χ1) is 17.7. The van der Waals surface area contributed by atoms with Crippen molar-refractivity contribution < 1.29 is 31.1 Å². The van der Waals surface area contributed by atoms with E-state index < -0.39 is 29.6 Å². The number of rotatable bonds is 9. The zero-order valence-electron chi connectivity index (χ0n) is 20.9. The van der Waals surface area contributed by atoms with Crippen LogP contribution in [0.5, 0.6) is 5.75 Å². The van der Waals surface area contributed by atoms with Crippen molar-refractivity contribution in [3.63, 3.8) is 0 Å². The first kappa shape index (κ1) is 27.3. The van der Waals surface area contributed by atoms with Crippen LogP contribution >= 0.6 is 0 Å². The van der Waals surface area contributed by atoms with E-state index in [2.05, 4.69) is 11.7 Å². The molecule has 1 aliphatic carbocycles. The van der Waals surface area contributed by atoms with Gasteiger partial charge >= 0.3 is 6.36 Å². The van der Waals surface area contributed by atoms with E-state index in [1.807, 2.05) is 12.1 Å². The minimum absolute atomic E-state index is 0.101. The van der Waals surface area contributed by atoms with Gasteiger partial charge in [-0.1, -0.05) is 75.8 Å². The first-order valence-corrected chi connectivity index (χ1v) is 13.1. The highest BCUT2D eigenvalue weighted by molar-refractivity contribution is 5.89. The van der Waals surface area contributed by atoms with E-state index in [-0.39, 0.29) is 11.1 Å². The van der Waals surface area contributed by atoms with Gasteiger partial charge in [-0.25, -0.2) is 13.2 Å². The third-order valence-corrected chi connectivity index (χ3v) is 7.54. The number of hydrogen-bond acceptors (Lipinski definition) is 1. The Labute approximate surface area is 213 Å². The standard InChI is InChI=1S/C30H32F6O/c1-2-3-4-5-6-7-19-8-10-20(11-9-19)21-12-14-24-22(16-21)13-15-25(28(24)33)23-17-26(31)29(27(32)18-23)37-30(34,35)36/h12-20H,2-11H2,1H3. The molecule has 0 radical (unpaired) electrons. The highest BCUT2D eigenvalue weighted by atomic mass is 19.4. The predicted molar refractivity (Wildman–Crippen MR) is 134 cm³/mol. The van der Waals surface area contributed by atoms with Gasteiger partial charge in [0.15, 0.2) is 11.6 Å². The smallest absolute Gasteiger partial charge is 0.399 e. The molecule has 3 aromatic rings. The maximum atomic E-state index is 15.4. The van der Waals surface area contributed by atoms with E-state index in [4.69, 9.17) is 0 Å². The van der Waals surface area contributed by atoms with Crippen molar-refractivity contribution in [3.8, 4) is 16.9 Å². The van der Waals surface area contributed by atoms with Crippen molar-refractivity contribution in [3.05, 3.63) is 65.5 Å². The molecule has 37 heavy (non-hydrogen) atoms. The van der Waals surface area contributed by atoms with E-state index in [9.17, 15) is 22.0 Å². The van der Waals surface area contributed by atoms with E-state index >= 15 is 4.39 Å². The monoisotopic (exact) mass is 522 g/mol. The van der Waals surface area contributed by atoms with Crippen LogP contribution in [0.1, 0.15) is 82.6 Å². The van der Waals surface area contributed by atoms with E-state index in [1.165, 1.54) is 57.4 Å². The normalized spacial score (nSPS) is 18.4. The van der Waals surface area contributed by atoms with E-state index in [0.29, 0.717) is 28.8 Å². The molecule has 3 aromatic carbocycles. The molecule has 0 N–H and O–H groups in total. The molecule has 0 bridgehead atoms. The predicted octanol–water partition coefficient (Wildman–Crippen LogP) is 10.5. The van der Waals surface area contributed by atoms with Crippen molar-refractivity contribution in [2.45, 2.75) is 83.4 Å². The van der Waals surface area contributed by atoms with Crippen LogP contribution in [0, 0.1) is 23.4 Å². The van der Waals surface area contributed by atoms with E-state index in [1.54, 1.807) is 12.1 Å². The molecular formula is C30H32F6O. The maximum absolute atomic E-state index is 15.4. The molecule has 0 saturated heterocycles. The second kappa shape index (κ2) is 11.8. The highest BCUT2D eigenvalue weighted by Crippen LogP contribution is 2.40. The lowest BCUT2D eigenvalue weighted by Crippen LogP contribution is -2.19. The molecule has 1 fully saturated rings. The largest absolute Gasteiger partial charge is 0.573 e. The average Bonchev–Trinajstić information content (AvgIpc) is 2.86. The molecule has 1 nitrogen and oxygen atoms in total. The Morgan fingerprint density at radius 3 is 2.14 bits per heavy atom. The molecule has 200 valence electrons. The van der Waals surface area contributed by atoms with Crippen molar-refractivity contribution in [1.29, 1.82) is 0 Å². The van der Waals surface area contributed by atoms with Crippen LogP contribution in [-0.2, 0) is 0 Å². The van der Waals surface area contributed by atoms with Crippen LogP contribution in [0.2, 0.25) is 0 Å². The third kappa shape index (κ3) is 6.79. The Morgan fingerprint density at radius 2 is 1.49 bits per heavy atom. The zero-order valence-corrected chi connectivity index (χ0v) is 20.9. The Kier molecular flexibility index (Phi) is 8.71. The summed E-state index contributed by atoms with van der Waals surface area (Å²) in [7, 11) is 0. The van der Waals surface area contributed by atoms with Gasteiger partial charge in [0.2, 0.25) is 5.75 Å². The number of alkyl halides is 3. The Balaban J connectivity index is 1.47. The van der Waals surface area contributed by atoms with Crippen molar-refractivity contribution in [2.75, 3.05) is 0 Å². The number of ether oxygens (including phenoxy) is 1. The molecule has 1 aliphatic rings. The van der Waals surface area contributed by atoms with Gasteiger partial charge in [0.1, 0.15) is 5.82 Å². The summed E-state index contributed by atoms with van der Waals surface area (Å²) in [6, 6.07) is 9.92. The highest BCUT2D eigenvalue weighted by Gasteiger charge is 2.34. The molecule has 7 heteroatoms. The number of fused-ring (bicyclic) bond motifs is 1. The van der Waals surface area contributed by atoms with Crippen LogP contribution < -0.4 is 4.74 Å². The minimum Gasteiger partial charge on any atom is -0.399 e. The molecule has 0 spiro atoms. The van der Waals surface area contributed by atoms with Crippen molar-refractivity contribution >= 4 is 10.8 Å². The molecule has 0 atom stereocenters. The Bertz CT molecular complexity index is 1190. The van der Waals surface area contributed by atoms with Gasteiger partial charge in [-0.3, -0.25) is 0 Å². The minimum atomic E-state index is -5.25. The lowest BCUT2D eigenvalue weighted by atomic mass is 9.76. The summed E-state index contributed by atoms with van der Waals surface area (Å²) in [5.41, 5.74) is 0.851. The van der Waals surface area contributed by atoms with Crippen LogP contribution in [0.3, 0.4) is 0 Å². The molecule has 0 unspecified atom stereocenters. The van der Waals surface area contributed by atoms with Gasteiger partial charge < -0.3 is 4.74 Å². The average molecular weight is 523 g/mol. The summed E-state index contributed by atoms with van der Waals surface area (Å²) in [4.78, 5) is 0.